The van der Waals surface area contributed by atoms with Crippen molar-refractivity contribution < 1.29 is 8.78 Å². The van der Waals surface area contributed by atoms with Gasteiger partial charge in [0, 0.05) is 12.6 Å². The van der Waals surface area contributed by atoms with Crippen LogP contribution in [0.5, 0.6) is 0 Å². The fraction of sp³-hybridized carbons (Fsp3) is 0.188. The topological polar surface area (TPSA) is 35.8 Å². The Morgan fingerprint density at radius 1 is 1.15 bits per heavy atom. The molecule has 0 spiro atoms. The van der Waals surface area contributed by atoms with E-state index in [1.54, 1.807) is 18.2 Å². The quantitative estimate of drug-likeness (QED) is 0.921. The molecule has 0 amide bonds. The summed E-state index contributed by atoms with van der Waals surface area (Å²) in [7, 11) is 0. The largest absolute Gasteiger partial charge is 0.306 e. The molecule has 20 heavy (non-hydrogen) atoms. The van der Waals surface area contributed by atoms with E-state index in [0.29, 0.717) is 6.54 Å². The highest BCUT2D eigenvalue weighted by molar-refractivity contribution is 5.34. The first-order valence-electron chi connectivity index (χ1n) is 6.27. The molecule has 0 heterocycles. The number of nitriles is 1. The average Bonchev–Trinajstić information content (AvgIpc) is 2.46. The third-order valence-corrected chi connectivity index (χ3v) is 3.13. The molecule has 0 fully saturated rings. The van der Waals surface area contributed by atoms with Gasteiger partial charge in [-0.2, -0.15) is 5.26 Å². The lowest BCUT2D eigenvalue weighted by molar-refractivity contribution is 0.569. The molecule has 2 aromatic rings. The minimum absolute atomic E-state index is 0.0335. The van der Waals surface area contributed by atoms with Crippen molar-refractivity contribution in [3.05, 3.63) is 70.8 Å². The molecule has 0 aliphatic rings. The highest BCUT2D eigenvalue weighted by Gasteiger charge is 2.07. The standard InChI is InChI=1S/C16H14F2N2/c1-11(13-3-5-15(17)6-4-13)20-10-12-2-7-16(18)14(8-12)9-19/h2-8,11,20H,10H2,1H3. The Labute approximate surface area is 116 Å². The first kappa shape index (κ1) is 14.2. The van der Waals surface area contributed by atoms with Crippen molar-refractivity contribution >= 4 is 0 Å². The summed E-state index contributed by atoms with van der Waals surface area (Å²) in [5, 5.41) is 12.0. The van der Waals surface area contributed by atoms with Gasteiger partial charge in [0.2, 0.25) is 0 Å². The Kier molecular flexibility index (Phi) is 4.44. The predicted octanol–water partition coefficient (Wildman–Crippen LogP) is 3.69. The minimum atomic E-state index is -0.511. The van der Waals surface area contributed by atoms with Crippen molar-refractivity contribution in [2.75, 3.05) is 0 Å². The van der Waals surface area contributed by atoms with Crippen LogP contribution in [0.2, 0.25) is 0 Å². The Morgan fingerprint density at radius 3 is 2.50 bits per heavy atom. The third kappa shape index (κ3) is 3.40. The first-order valence-corrected chi connectivity index (χ1v) is 6.27. The van der Waals surface area contributed by atoms with Gasteiger partial charge >= 0.3 is 0 Å². The van der Waals surface area contributed by atoms with E-state index >= 15 is 0 Å². The van der Waals surface area contributed by atoms with Crippen LogP contribution in [0.4, 0.5) is 8.78 Å². The normalized spacial score (nSPS) is 11.9. The Hall–Kier alpha value is -2.25. The highest BCUT2D eigenvalue weighted by atomic mass is 19.1. The molecule has 0 radical (unpaired) electrons. The molecule has 0 saturated carbocycles. The molecule has 4 heteroatoms. The van der Waals surface area contributed by atoms with Gasteiger partial charge in [0.05, 0.1) is 5.56 Å². The van der Waals surface area contributed by atoms with Crippen LogP contribution in [0, 0.1) is 23.0 Å². The van der Waals surface area contributed by atoms with Gasteiger partial charge in [-0.1, -0.05) is 18.2 Å². The van der Waals surface area contributed by atoms with Crippen LogP contribution in [-0.4, -0.2) is 0 Å². The molecule has 0 aromatic heterocycles. The van der Waals surface area contributed by atoms with Crippen LogP contribution >= 0.6 is 0 Å². The van der Waals surface area contributed by atoms with Gasteiger partial charge in [0.15, 0.2) is 0 Å². The van der Waals surface area contributed by atoms with Crippen LogP contribution in [0.3, 0.4) is 0 Å². The summed E-state index contributed by atoms with van der Waals surface area (Å²) in [5.74, 6) is -0.777. The minimum Gasteiger partial charge on any atom is -0.306 e. The monoisotopic (exact) mass is 272 g/mol. The maximum Gasteiger partial charge on any atom is 0.140 e. The Bertz CT molecular complexity index is 630. The number of hydrogen-bond acceptors (Lipinski definition) is 2. The Morgan fingerprint density at radius 2 is 1.85 bits per heavy atom. The molecule has 1 atom stereocenters. The Balaban J connectivity index is 2.01. The lowest BCUT2D eigenvalue weighted by Crippen LogP contribution is -2.18. The van der Waals surface area contributed by atoms with Gasteiger partial charge in [-0.25, -0.2) is 8.78 Å². The maximum atomic E-state index is 13.2. The average molecular weight is 272 g/mol. The predicted molar refractivity (Wildman–Crippen MR) is 72.8 cm³/mol. The number of nitrogens with zero attached hydrogens (tertiary/aromatic N) is 1. The van der Waals surface area contributed by atoms with Crippen molar-refractivity contribution in [1.82, 2.24) is 5.32 Å². The van der Waals surface area contributed by atoms with Crippen LogP contribution in [-0.2, 0) is 6.54 Å². The summed E-state index contributed by atoms with van der Waals surface area (Å²) < 4.78 is 26.0. The van der Waals surface area contributed by atoms with Crippen LogP contribution < -0.4 is 5.32 Å². The molecule has 0 aliphatic heterocycles. The number of rotatable bonds is 4. The second-order valence-electron chi connectivity index (χ2n) is 4.58. The fourth-order valence-electron chi connectivity index (χ4n) is 1.91. The summed E-state index contributed by atoms with van der Waals surface area (Å²) in [5.41, 5.74) is 1.84. The molecule has 2 aromatic carbocycles. The lowest BCUT2D eigenvalue weighted by atomic mass is 10.1. The summed E-state index contributed by atoms with van der Waals surface area (Å²) in [6.45, 7) is 2.47. The highest BCUT2D eigenvalue weighted by Crippen LogP contribution is 2.15. The maximum absolute atomic E-state index is 13.2. The zero-order valence-corrected chi connectivity index (χ0v) is 11.0. The molecular weight excluding hydrogens is 258 g/mol. The lowest BCUT2D eigenvalue weighted by Gasteiger charge is -2.14. The number of halogens is 2. The third-order valence-electron chi connectivity index (χ3n) is 3.13. The summed E-state index contributed by atoms with van der Waals surface area (Å²) >= 11 is 0. The molecule has 1 unspecified atom stereocenters. The van der Waals surface area contributed by atoms with Crippen molar-refractivity contribution in [3.63, 3.8) is 0 Å². The van der Waals surface area contributed by atoms with Gasteiger partial charge in [-0.15, -0.1) is 0 Å². The van der Waals surface area contributed by atoms with E-state index in [0.717, 1.165) is 11.1 Å². The van der Waals surface area contributed by atoms with Crippen molar-refractivity contribution in [2.45, 2.75) is 19.5 Å². The van der Waals surface area contributed by atoms with Gasteiger partial charge in [0.1, 0.15) is 17.7 Å². The van der Waals surface area contributed by atoms with Crippen molar-refractivity contribution in [1.29, 1.82) is 5.26 Å². The smallest absolute Gasteiger partial charge is 0.140 e. The van der Waals surface area contributed by atoms with E-state index in [2.05, 4.69) is 5.32 Å². The van der Waals surface area contributed by atoms with Crippen LogP contribution in [0.25, 0.3) is 0 Å². The van der Waals surface area contributed by atoms with Gasteiger partial charge in [-0.3, -0.25) is 0 Å². The number of benzene rings is 2. The van der Waals surface area contributed by atoms with Crippen LogP contribution in [0.15, 0.2) is 42.5 Å². The van der Waals surface area contributed by atoms with Crippen LogP contribution in [0.1, 0.15) is 29.7 Å². The number of hydrogen-bond donors (Lipinski definition) is 1. The SMILES string of the molecule is CC(NCc1ccc(F)c(C#N)c1)c1ccc(F)cc1. The molecule has 0 bridgehead atoms. The van der Waals surface area contributed by atoms with E-state index in [4.69, 9.17) is 5.26 Å². The fourth-order valence-corrected chi connectivity index (χ4v) is 1.91. The van der Waals surface area contributed by atoms with Gasteiger partial charge in [-0.05, 0) is 42.3 Å². The first-order chi connectivity index (χ1) is 9.60. The summed E-state index contributed by atoms with van der Waals surface area (Å²) in [4.78, 5) is 0. The molecular formula is C16H14F2N2. The second kappa shape index (κ2) is 6.27. The molecule has 0 aliphatic carbocycles. The molecule has 1 N–H and O–H groups in total. The van der Waals surface area contributed by atoms with Crippen molar-refractivity contribution in [3.8, 4) is 6.07 Å². The molecule has 2 rings (SSSR count). The van der Waals surface area contributed by atoms with E-state index in [1.807, 2.05) is 13.0 Å². The van der Waals surface area contributed by atoms with Gasteiger partial charge < -0.3 is 5.32 Å². The van der Waals surface area contributed by atoms with Crippen molar-refractivity contribution in [2.24, 2.45) is 0 Å². The van der Waals surface area contributed by atoms with Gasteiger partial charge in [0.25, 0.3) is 0 Å². The van der Waals surface area contributed by atoms with E-state index < -0.39 is 5.82 Å². The summed E-state index contributed by atoms with van der Waals surface area (Å²) in [6, 6.07) is 12.6. The van der Waals surface area contributed by atoms with E-state index in [1.165, 1.54) is 24.3 Å². The molecule has 0 saturated heterocycles. The molecule has 102 valence electrons. The second-order valence-corrected chi connectivity index (χ2v) is 4.58. The van der Waals surface area contributed by atoms with E-state index in [9.17, 15) is 8.78 Å². The zero-order chi connectivity index (χ0) is 14.5. The number of nitrogens with one attached hydrogen (secondary N) is 1. The zero-order valence-electron chi connectivity index (χ0n) is 11.0. The summed E-state index contributed by atoms with van der Waals surface area (Å²) in [6.07, 6.45) is 0. The molecule has 2 nitrogen and oxygen atoms in total. The van der Waals surface area contributed by atoms with E-state index in [-0.39, 0.29) is 17.4 Å².